The maximum Gasteiger partial charge on any atom is 0.692 e. The molecule has 0 amide bonds. The first kappa shape index (κ1) is 16.9. The summed E-state index contributed by atoms with van der Waals surface area (Å²) in [5.74, 6) is 0.985. The lowest BCUT2D eigenvalue weighted by atomic mass is 9.97. The van der Waals surface area contributed by atoms with Gasteiger partial charge in [0.15, 0.2) is 0 Å². The molecule has 0 saturated carbocycles. The molecule has 0 aliphatic rings. The standard InChI is InChI=1S/C9H19Br.HO3P/c1-3-9(4-2)7-5-6-8-10;1-4(2)3/h9H,3-8H2,1-2H3;(H-,1,2,3)/p+1. The number of halogens is 1. The molecule has 0 aromatic heterocycles. The molecule has 0 radical (unpaired) electrons. The molecule has 0 atom stereocenters. The van der Waals surface area contributed by atoms with Crippen molar-refractivity contribution in [3.63, 3.8) is 0 Å². The van der Waals surface area contributed by atoms with Crippen LogP contribution in [0.4, 0.5) is 0 Å². The van der Waals surface area contributed by atoms with E-state index in [9.17, 15) is 0 Å². The quantitative estimate of drug-likeness (QED) is 0.446. The number of unbranched alkanes of at least 4 members (excludes halogenated alkanes) is 1. The summed E-state index contributed by atoms with van der Waals surface area (Å²) in [4.78, 5) is 14.2. The van der Waals surface area contributed by atoms with Crippen LogP contribution >= 0.6 is 24.2 Å². The van der Waals surface area contributed by atoms with Crippen LogP contribution < -0.4 is 0 Å². The fraction of sp³-hybridized carbons (Fsp3) is 1.00. The van der Waals surface area contributed by atoms with Gasteiger partial charge in [-0.1, -0.05) is 55.5 Å². The Morgan fingerprint density at radius 1 is 1.21 bits per heavy atom. The van der Waals surface area contributed by atoms with Gasteiger partial charge in [-0.05, 0) is 12.3 Å². The van der Waals surface area contributed by atoms with Gasteiger partial charge in [0.1, 0.15) is 0 Å². The van der Waals surface area contributed by atoms with E-state index < -0.39 is 8.25 Å². The molecular weight excluding hydrogens is 267 g/mol. The van der Waals surface area contributed by atoms with Crippen molar-refractivity contribution in [2.24, 2.45) is 5.92 Å². The highest BCUT2D eigenvalue weighted by atomic mass is 79.9. The Balaban J connectivity index is 0. The van der Waals surface area contributed by atoms with Crippen molar-refractivity contribution in [2.45, 2.75) is 46.0 Å². The molecular formula is C9H21BrO3P+. The topological polar surface area (TPSA) is 57.5 Å². The van der Waals surface area contributed by atoms with Gasteiger partial charge in [-0.2, -0.15) is 0 Å². The molecule has 0 aliphatic heterocycles. The highest BCUT2D eigenvalue weighted by Crippen LogP contribution is 2.15. The first-order chi connectivity index (χ1) is 6.58. The van der Waals surface area contributed by atoms with Crippen LogP contribution in [0.15, 0.2) is 0 Å². The van der Waals surface area contributed by atoms with Crippen molar-refractivity contribution in [2.75, 3.05) is 5.33 Å². The lowest BCUT2D eigenvalue weighted by Crippen LogP contribution is -1.96. The molecule has 0 saturated heterocycles. The van der Waals surface area contributed by atoms with Crippen LogP contribution in [-0.4, -0.2) is 15.1 Å². The first-order valence-electron chi connectivity index (χ1n) is 4.99. The van der Waals surface area contributed by atoms with Gasteiger partial charge in [0.2, 0.25) is 0 Å². The largest absolute Gasteiger partial charge is 0.692 e. The van der Waals surface area contributed by atoms with Gasteiger partial charge < -0.3 is 0 Å². The van der Waals surface area contributed by atoms with E-state index in [1.165, 1.54) is 37.4 Å². The van der Waals surface area contributed by atoms with Crippen molar-refractivity contribution in [1.82, 2.24) is 0 Å². The van der Waals surface area contributed by atoms with E-state index in [2.05, 4.69) is 29.8 Å². The Hall–Kier alpha value is 0.500. The molecule has 5 heteroatoms. The van der Waals surface area contributed by atoms with Crippen molar-refractivity contribution in [3.8, 4) is 0 Å². The lowest BCUT2D eigenvalue weighted by Gasteiger charge is -2.10. The summed E-state index contributed by atoms with van der Waals surface area (Å²) in [7, 11) is -2.87. The van der Waals surface area contributed by atoms with Gasteiger partial charge in [-0.3, -0.25) is 0 Å². The minimum Gasteiger partial charge on any atom is -0.134 e. The Kier molecular flexibility index (Phi) is 16.3. The predicted octanol–water partition coefficient (Wildman–Crippen LogP) is 3.62. The van der Waals surface area contributed by atoms with Crippen LogP contribution in [0, 0.1) is 5.92 Å². The Morgan fingerprint density at radius 2 is 1.64 bits per heavy atom. The van der Waals surface area contributed by atoms with Crippen molar-refractivity contribution in [3.05, 3.63) is 0 Å². The third-order valence-electron chi connectivity index (χ3n) is 2.15. The molecule has 0 bridgehead atoms. The summed E-state index contributed by atoms with van der Waals surface area (Å²) in [6, 6.07) is 0. The molecule has 0 rings (SSSR count). The molecule has 0 heterocycles. The SMILES string of the molecule is CCC(CC)CCCCBr.O=[P+](O)O. The van der Waals surface area contributed by atoms with Crippen molar-refractivity contribution >= 4 is 24.2 Å². The van der Waals surface area contributed by atoms with E-state index in [0.717, 1.165) is 5.92 Å². The summed E-state index contributed by atoms with van der Waals surface area (Å²) in [6.45, 7) is 4.59. The molecule has 3 nitrogen and oxygen atoms in total. The van der Waals surface area contributed by atoms with Crippen LogP contribution in [0.3, 0.4) is 0 Å². The Labute approximate surface area is 96.0 Å². The summed E-state index contributed by atoms with van der Waals surface area (Å²) < 4.78 is 8.70. The maximum absolute atomic E-state index is 8.70. The third kappa shape index (κ3) is 18.3. The van der Waals surface area contributed by atoms with Gasteiger partial charge >= 0.3 is 8.25 Å². The monoisotopic (exact) mass is 287 g/mol. The van der Waals surface area contributed by atoms with Gasteiger partial charge in [0.05, 0.1) is 0 Å². The zero-order chi connectivity index (χ0) is 11.4. The molecule has 0 fully saturated rings. The first-order valence-corrected chi connectivity index (χ1v) is 7.28. The van der Waals surface area contributed by atoms with Crippen molar-refractivity contribution in [1.29, 1.82) is 0 Å². The van der Waals surface area contributed by atoms with Crippen LogP contribution in [0.1, 0.15) is 46.0 Å². The second-order valence-corrected chi connectivity index (χ2v) is 4.42. The van der Waals surface area contributed by atoms with Crippen LogP contribution in [0.2, 0.25) is 0 Å². The van der Waals surface area contributed by atoms with Gasteiger partial charge in [0.25, 0.3) is 0 Å². The summed E-state index contributed by atoms with van der Waals surface area (Å²) in [5, 5.41) is 1.17. The molecule has 14 heavy (non-hydrogen) atoms. The fourth-order valence-electron chi connectivity index (χ4n) is 1.22. The molecule has 0 aliphatic carbocycles. The number of rotatable bonds is 6. The van der Waals surface area contributed by atoms with Gasteiger partial charge in [0, 0.05) is 9.90 Å². The van der Waals surface area contributed by atoms with E-state index in [4.69, 9.17) is 14.4 Å². The second kappa shape index (κ2) is 13.5. The minimum absolute atomic E-state index is 0.985. The van der Waals surface area contributed by atoms with E-state index in [1.54, 1.807) is 0 Å². The zero-order valence-corrected chi connectivity index (χ0v) is 11.4. The van der Waals surface area contributed by atoms with Crippen LogP contribution in [0.25, 0.3) is 0 Å². The van der Waals surface area contributed by atoms with E-state index in [0.29, 0.717) is 0 Å². The lowest BCUT2D eigenvalue weighted by molar-refractivity contribution is 0.405. The van der Waals surface area contributed by atoms with E-state index in [1.807, 2.05) is 0 Å². The van der Waals surface area contributed by atoms with Gasteiger partial charge in [-0.25, -0.2) is 0 Å². The number of alkyl halides is 1. The number of hydrogen-bond acceptors (Lipinski definition) is 1. The molecule has 0 spiro atoms. The summed E-state index contributed by atoms with van der Waals surface area (Å²) in [6.07, 6.45) is 6.89. The average molecular weight is 288 g/mol. The maximum atomic E-state index is 8.70. The Bertz CT molecular complexity index is 125. The normalized spacial score (nSPS) is 9.57. The second-order valence-electron chi connectivity index (χ2n) is 3.12. The van der Waals surface area contributed by atoms with E-state index >= 15 is 0 Å². The van der Waals surface area contributed by atoms with Crippen LogP contribution in [0.5, 0.6) is 0 Å². The zero-order valence-electron chi connectivity index (χ0n) is 8.95. The summed E-state index contributed by atoms with van der Waals surface area (Å²) in [5.41, 5.74) is 0. The average Bonchev–Trinajstić information content (AvgIpc) is 2.12. The Morgan fingerprint density at radius 3 is 1.93 bits per heavy atom. The fourth-order valence-corrected chi connectivity index (χ4v) is 1.62. The highest BCUT2D eigenvalue weighted by molar-refractivity contribution is 9.09. The molecule has 0 aromatic rings. The van der Waals surface area contributed by atoms with Gasteiger partial charge in [-0.15, -0.1) is 9.79 Å². The molecule has 0 unspecified atom stereocenters. The van der Waals surface area contributed by atoms with Crippen LogP contribution in [-0.2, 0) is 4.57 Å². The molecule has 0 aromatic carbocycles. The third-order valence-corrected chi connectivity index (χ3v) is 2.71. The van der Waals surface area contributed by atoms with E-state index in [-0.39, 0.29) is 0 Å². The highest BCUT2D eigenvalue weighted by Gasteiger charge is 2.01. The van der Waals surface area contributed by atoms with Crippen molar-refractivity contribution < 1.29 is 14.4 Å². The number of hydrogen-bond donors (Lipinski definition) is 2. The minimum atomic E-state index is -2.87. The predicted molar refractivity (Wildman–Crippen MR) is 63.8 cm³/mol. The summed E-state index contributed by atoms with van der Waals surface area (Å²) >= 11 is 3.44. The molecule has 86 valence electrons. The smallest absolute Gasteiger partial charge is 0.134 e. The molecule has 2 N–H and O–H groups in total.